The Balaban J connectivity index is 2.47. The number of imidazole rings is 1. The molecule has 0 aliphatic heterocycles. The predicted octanol–water partition coefficient (Wildman–Crippen LogP) is 1.24. The van der Waals surface area contributed by atoms with Gasteiger partial charge in [0.05, 0.1) is 18.1 Å². The van der Waals surface area contributed by atoms with Gasteiger partial charge in [-0.2, -0.15) is 0 Å². The Morgan fingerprint density at radius 1 is 1.55 bits per heavy atom. The molecule has 0 fully saturated rings. The second kappa shape index (κ2) is 5.36. The third-order valence-electron chi connectivity index (χ3n) is 3.24. The molecular weight excluding hydrogens is 263 g/mol. The number of halogens is 1. The van der Waals surface area contributed by atoms with Gasteiger partial charge in [0.15, 0.2) is 11.6 Å². The summed E-state index contributed by atoms with van der Waals surface area (Å²) in [5.41, 5.74) is 6.77. The zero-order valence-electron chi connectivity index (χ0n) is 11.7. The average Bonchev–Trinajstić information content (AvgIpc) is 2.72. The van der Waals surface area contributed by atoms with Crippen LogP contribution in [0.3, 0.4) is 0 Å². The summed E-state index contributed by atoms with van der Waals surface area (Å²) in [5, 5.41) is 0. The summed E-state index contributed by atoms with van der Waals surface area (Å²) in [5.74, 6) is -0.344. The van der Waals surface area contributed by atoms with Crippen LogP contribution in [0.15, 0.2) is 12.1 Å². The number of methoxy groups -OCH3 is 1. The lowest BCUT2D eigenvalue weighted by Gasteiger charge is -2.15. The smallest absolute Gasteiger partial charge is 0.242 e. The van der Waals surface area contributed by atoms with Crippen LogP contribution in [0.5, 0.6) is 5.75 Å². The number of nitrogen functional groups attached to an aromatic ring is 1. The van der Waals surface area contributed by atoms with Crippen molar-refractivity contribution in [2.75, 3.05) is 26.4 Å². The molecule has 7 heteroatoms. The molecule has 2 rings (SSSR count). The number of carbonyl (C=O) groups excluding carboxylic acids is 1. The quantitative estimate of drug-likeness (QED) is 0.914. The summed E-state index contributed by atoms with van der Waals surface area (Å²) in [4.78, 5) is 17.6. The van der Waals surface area contributed by atoms with Gasteiger partial charge in [0.25, 0.3) is 0 Å². The maximum Gasteiger partial charge on any atom is 0.242 e. The lowest BCUT2D eigenvalue weighted by molar-refractivity contribution is -0.130. The number of anilines is 1. The Labute approximate surface area is 115 Å². The molecule has 0 bridgehead atoms. The molecule has 0 radical (unpaired) electrons. The van der Waals surface area contributed by atoms with Crippen molar-refractivity contribution >= 4 is 22.9 Å². The highest BCUT2D eigenvalue weighted by atomic mass is 19.1. The normalized spacial score (nSPS) is 10.8. The number of amides is 1. The van der Waals surface area contributed by atoms with Gasteiger partial charge in [-0.05, 0) is 6.92 Å². The minimum Gasteiger partial charge on any atom is -0.494 e. The van der Waals surface area contributed by atoms with E-state index < -0.39 is 5.82 Å². The van der Waals surface area contributed by atoms with Crippen molar-refractivity contribution < 1.29 is 13.9 Å². The zero-order chi connectivity index (χ0) is 14.9. The molecule has 0 aliphatic carbocycles. The van der Waals surface area contributed by atoms with E-state index in [-0.39, 0.29) is 24.1 Å². The fraction of sp³-hybridized carbons (Fsp3) is 0.385. The Kier molecular flexibility index (Phi) is 3.78. The van der Waals surface area contributed by atoms with E-state index in [0.29, 0.717) is 17.6 Å². The average molecular weight is 280 g/mol. The molecule has 0 spiro atoms. The molecule has 0 aliphatic rings. The zero-order valence-corrected chi connectivity index (χ0v) is 11.7. The van der Waals surface area contributed by atoms with Crippen LogP contribution in [-0.2, 0) is 11.3 Å². The maximum absolute atomic E-state index is 13.6. The fourth-order valence-electron chi connectivity index (χ4n) is 1.90. The lowest BCUT2D eigenvalue weighted by Crippen LogP contribution is -2.30. The number of aromatic nitrogens is 2. The third-order valence-corrected chi connectivity index (χ3v) is 3.24. The summed E-state index contributed by atoms with van der Waals surface area (Å²) < 4.78 is 20.1. The van der Waals surface area contributed by atoms with Gasteiger partial charge in [0.1, 0.15) is 6.54 Å². The topological polar surface area (TPSA) is 73.4 Å². The minimum atomic E-state index is -0.512. The van der Waals surface area contributed by atoms with Gasteiger partial charge in [-0.1, -0.05) is 0 Å². The van der Waals surface area contributed by atoms with Crippen LogP contribution in [0.2, 0.25) is 0 Å². The molecular formula is C13H17FN4O2. The molecule has 1 amide bonds. The fourth-order valence-corrected chi connectivity index (χ4v) is 1.90. The highest BCUT2D eigenvalue weighted by Crippen LogP contribution is 2.26. The van der Waals surface area contributed by atoms with Crippen molar-refractivity contribution in [2.24, 2.45) is 0 Å². The van der Waals surface area contributed by atoms with Crippen LogP contribution in [0.4, 0.5) is 10.3 Å². The number of fused-ring (bicyclic) bond motifs is 1. The number of nitrogens with zero attached hydrogens (tertiary/aromatic N) is 3. The largest absolute Gasteiger partial charge is 0.494 e. The van der Waals surface area contributed by atoms with E-state index in [1.807, 2.05) is 6.92 Å². The van der Waals surface area contributed by atoms with Gasteiger partial charge in [-0.25, -0.2) is 9.37 Å². The Morgan fingerprint density at radius 2 is 2.25 bits per heavy atom. The Bertz CT molecular complexity index is 653. The van der Waals surface area contributed by atoms with Crippen molar-refractivity contribution in [2.45, 2.75) is 13.5 Å². The van der Waals surface area contributed by atoms with Crippen LogP contribution in [0.25, 0.3) is 11.0 Å². The van der Waals surface area contributed by atoms with Crippen LogP contribution in [-0.4, -0.2) is 41.1 Å². The molecule has 1 aromatic carbocycles. The van der Waals surface area contributed by atoms with E-state index >= 15 is 0 Å². The number of nitrogens with two attached hydrogens (primary N) is 1. The molecule has 1 heterocycles. The van der Waals surface area contributed by atoms with Gasteiger partial charge >= 0.3 is 0 Å². The number of rotatable bonds is 4. The second-order valence-corrected chi connectivity index (χ2v) is 4.44. The molecule has 2 N–H and O–H groups in total. The van der Waals surface area contributed by atoms with Gasteiger partial charge in [0.2, 0.25) is 11.9 Å². The number of ether oxygens (including phenoxy) is 1. The monoisotopic (exact) mass is 280 g/mol. The van der Waals surface area contributed by atoms with Gasteiger partial charge in [-0.15, -0.1) is 0 Å². The number of carbonyl (C=O) groups is 1. The molecule has 6 nitrogen and oxygen atoms in total. The predicted molar refractivity (Wildman–Crippen MR) is 74.0 cm³/mol. The molecule has 0 saturated heterocycles. The Hall–Kier alpha value is -2.31. The first-order chi connectivity index (χ1) is 9.47. The Morgan fingerprint density at radius 3 is 2.85 bits per heavy atom. The highest BCUT2D eigenvalue weighted by Gasteiger charge is 2.16. The first-order valence-corrected chi connectivity index (χ1v) is 6.21. The van der Waals surface area contributed by atoms with E-state index in [1.165, 1.54) is 19.2 Å². The van der Waals surface area contributed by atoms with Crippen LogP contribution < -0.4 is 10.5 Å². The maximum atomic E-state index is 13.6. The van der Waals surface area contributed by atoms with E-state index in [0.717, 1.165) is 0 Å². The SMILES string of the molecule is CCN(C)C(=O)Cn1c(N)nc2cc(F)c(OC)cc21. The third kappa shape index (κ3) is 2.38. The molecule has 0 saturated carbocycles. The number of hydrogen-bond acceptors (Lipinski definition) is 4. The molecule has 0 unspecified atom stereocenters. The summed E-state index contributed by atoms with van der Waals surface area (Å²) in [6, 6.07) is 2.74. The van der Waals surface area contributed by atoms with Gasteiger partial charge in [0, 0.05) is 25.7 Å². The van der Waals surface area contributed by atoms with Crippen LogP contribution in [0.1, 0.15) is 6.92 Å². The van der Waals surface area contributed by atoms with Crippen molar-refractivity contribution in [3.63, 3.8) is 0 Å². The van der Waals surface area contributed by atoms with Crippen LogP contribution in [0, 0.1) is 5.82 Å². The summed E-state index contributed by atoms with van der Waals surface area (Å²) in [6.45, 7) is 2.54. The standard InChI is InChI=1S/C13H17FN4O2/c1-4-17(2)12(19)7-18-10-6-11(20-3)8(14)5-9(10)16-13(18)15/h5-6H,4,7H2,1-3H3,(H2,15,16). The lowest BCUT2D eigenvalue weighted by atomic mass is 10.3. The number of hydrogen-bond donors (Lipinski definition) is 1. The van der Waals surface area contributed by atoms with E-state index in [2.05, 4.69) is 4.98 Å². The number of benzene rings is 1. The molecule has 108 valence electrons. The molecule has 20 heavy (non-hydrogen) atoms. The summed E-state index contributed by atoms with van der Waals surface area (Å²) in [6.07, 6.45) is 0. The van der Waals surface area contributed by atoms with Crippen LogP contribution >= 0.6 is 0 Å². The van der Waals surface area contributed by atoms with E-state index in [1.54, 1.807) is 16.5 Å². The first-order valence-electron chi connectivity index (χ1n) is 6.21. The van der Waals surface area contributed by atoms with Crippen molar-refractivity contribution in [3.05, 3.63) is 17.9 Å². The highest BCUT2D eigenvalue weighted by molar-refractivity contribution is 5.83. The van der Waals surface area contributed by atoms with Gasteiger partial charge in [-0.3, -0.25) is 4.79 Å². The van der Waals surface area contributed by atoms with Gasteiger partial charge < -0.3 is 19.9 Å². The first kappa shape index (κ1) is 14.1. The minimum absolute atomic E-state index is 0.0570. The molecule has 0 atom stereocenters. The van der Waals surface area contributed by atoms with E-state index in [4.69, 9.17) is 10.5 Å². The second-order valence-electron chi connectivity index (χ2n) is 4.44. The van der Waals surface area contributed by atoms with E-state index in [9.17, 15) is 9.18 Å². The molecule has 1 aromatic heterocycles. The van der Waals surface area contributed by atoms with Crippen molar-refractivity contribution in [1.82, 2.24) is 14.5 Å². The summed E-state index contributed by atoms with van der Waals surface area (Å²) >= 11 is 0. The molecule has 2 aromatic rings. The van der Waals surface area contributed by atoms with Crippen molar-refractivity contribution in [1.29, 1.82) is 0 Å². The number of likely N-dealkylation sites (N-methyl/N-ethyl adjacent to an activating group) is 1. The summed E-state index contributed by atoms with van der Waals surface area (Å²) in [7, 11) is 3.09. The van der Waals surface area contributed by atoms with Crippen molar-refractivity contribution in [3.8, 4) is 5.75 Å².